The van der Waals surface area contributed by atoms with Crippen LogP contribution in [0.1, 0.15) is 56.3 Å². The molecule has 1 heterocycles. The lowest BCUT2D eigenvalue weighted by Crippen LogP contribution is -2.20. The molecule has 0 amide bonds. The Labute approximate surface area is 115 Å². The zero-order chi connectivity index (χ0) is 13.4. The number of thiazole rings is 1. The Bertz CT molecular complexity index is 325. The number of rotatable bonds is 9. The molecule has 1 aromatic rings. The van der Waals surface area contributed by atoms with E-state index in [-0.39, 0.29) is 0 Å². The van der Waals surface area contributed by atoms with Crippen LogP contribution in [0.4, 0.5) is 0 Å². The van der Waals surface area contributed by atoms with Crippen molar-refractivity contribution in [3.8, 4) is 0 Å². The minimum Gasteiger partial charge on any atom is -0.330 e. The third-order valence-electron chi connectivity index (χ3n) is 3.40. The van der Waals surface area contributed by atoms with Gasteiger partial charge in [0.25, 0.3) is 0 Å². The summed E-state index contributed by atoms with van der Waals surface area (Å²) in [5, 5.41) is 6.86. The summed E-state index contributed by atoms with van der Waals surface area (Å²) in [5.74, 6) is 0.800. The number of nitrogens with two attached hydrogens (primary N) is 1. The van der Waals surface area contributed by atoms with Crippen molar-refractivity contribution in [2.75, 3.05) is 13.1 Å². The lowest BCUT2D eigenvalue weighted by molar-refractivity contribution is 0.415. The van der Waals surface area contributed by atoms with E-state index >= 15 is 0 Å². The number of nitrogens with one attached hydrogen (secondary N) is 1. The number of aromatic nitrogens is 1. The average molecular weight is 269 g/mol. The van der Waals surface area contributed by atoms with Gasteiger partial charge in [0.1, 0.15) is 5.01 Å². The Morgan fingerprint density at radius 2 is 2.22 bits per heavy atom. The van der Waals surface area contributed by atoms with Crippen molar-refractivity contribution in [3.63, 3.8) is 0 Å². The van der Waals surface area contributed by atoms with E-state index in [1.165, 1.54) is 24.3 Å². The van der Waals surface area contributed by atoms with Gasteiger partial charge in [0.05, 0.1) is 6.04 Å². The SMILES string of the molecule is CCC(CCN)CCCNC(C)c1nc(C)cs1. The molecule has 0 aromatic carbocycles. The Kier molecular flexibility index (Phi) is 7.47. The van der Waals surface area contributed by atoms with Crippen LogP contribution < -0.4 is 11.1 Å². The Balaban J connectivity index is 2.17. The van der Waals surface area contributed by atoms with Crippen LogP contribution in [0.25, 0.3) is 0 Å². The van der Waals surface area contributed by atoms with Crippen molar-refractivity contribution in [1.29, 1.82) is 0 Å². The molecule has 3 nitrogen and oxygen atoms in total. The van der Waals surface area contributed by atoms with E-state index < -0.39 is 0 Å². The molecule has 0 fully saturated rings. The molecule has 2 atom stereocenters. The zero-order valence-electron chi connectivity index (χ0n) is 11.9. The molecule has 0 aliphatic carbocycles. The summed E-state index contributed by atoms with van der Waals surface area (Å²) >= 11 is 1.74. The van der Waals surface area contributed by atoms with Crippen LogP contribution in [0.3, 0.4) is 0 Å². The highest BCUT2D eigenvalue weighted by Crippen LogP contribution is 2.18. The van der Waals surface area contributed by atoms with Crippen LogP contribution >= 0.6 is 11.3 Å². The van der Waals surface area contributed by atoms with E-state index in [1.807, 2.05) is 6.92 Å². The molecule has 0 spiro atoms. The van der Waals surface area contributed by atoms with Crippen molar-refractivity contribution in [1.82, 2.24) is 10.3 Å². The lowest BCUT2D eigenvalue weighted by Gasteiger charge is -2.15. The zero-order valence-corrected chi connectivity index (χ0v) is 12.7. The van der Waals surface area contributed by atoms with Gasteiger partial charge in [-0.15, -0.1) is 11.3 Å². The fourth-order valence-corrected chi connectivity index (χ4v) is 2.98. The first kappa shape index (κ1) is 15.6. The number of aryl methyl sites for hydroxylation is 1. The van der Waals surface area contributed by atoms with Gasteiger partial charge >= 0.3 is 0 Å². The summed E-state index contributed by atoms with van der Waals surface area (Å²) in [7, 11) is 0. The molecule has 0 radical (unpaired) electrons. The molecule has 3 N–H and O–H groups in total. The van der Waals surface area contributed by atoms with Gasteiger partial charge in [0.15, 0.2) is 0 Å². The molecule has 2 unspecified atom stereocenters. The van der Waals surface area contributed by atoms with Crippen molar-refractivity contribution in [2.45, 2.75) is 52.5 Å². The summed E-state index contributed by atoms with van der Waals surface area (Å²) in [6.45, 7) is 8.39. The molecular formula is C14H27N3S. The number of hydrogen-bond donors (Lipinski definition) is 2. The fourth-order valence-electron chi connectivity index (χ4n) is 2.16. The molecule has 1 aromatic heterocycles. The Morgan fingerprint density at radius 3 is 2.78 bits per heavy atom. The van der Waals surface area contributed by atoms with E-state index in [0.717, 1.165) is 31.1 Å². The normalized spacial score (nSPS) is 14.7. The summed E-state index contributed by atoms with van der Waals surface area (Å²) in [6, 6.07) is 0.373. The second kappa shape index (κ2) is 8.62. The van der Waals surface area contributed by atoms with Crippen LogP contribution in [0.15, 0.2) is 5.38 Å². The standard InChI is InChI=1S/C14H27N3S/c1-4-13(7-8-15)6-5-9-16-12(3)14-17-11(2)10-18-14/h10,12-13,16H,4-9,15H2,1-3H3. The fraction of sp³-hybridized carbons (Fsp3) is 0.786. The highest BCUT2D eigenvalue weighted by Gasteiger charge is 2.09. The number of nitrogens with zero attached hydrogens (tertiary/aromatic N) is 1. The quantitative estimate of drug-likeness (QED) is 0.677. The Hall–Kier alpha value is -0.450. The van der Waals surface area contributed by atoms with Gasteiger partial charge in [-0.2, -0.15) is 0 Å². The van der Waals surface area contributed by atoms with Crippen molar-refractivity contribution >= 4 is 11.3 Å². The molecule has 0 aliphatic rings. The smallest absolute Gasteiger partial charge is 0.110 e. The first-order valence-corrected chi connectivity index (χ1v) is 7.90. The van der Waals surface area contributed by atoms with E-state index in [0.29, 0.717) is 6.04 Å². The van der Waals surface area contributed by atoms with Gasteiger partial charge in [0.2, 0.25) is 0 Å². The Morgan fingerprint density at radius 1 is 1.44 bits per heavy atom. The van der Waals surface area contributed by atoms with E-state index in [9.17, 15) is 0 Å². The van der Waals surface area contributed by atoms with Gasteiger partial charge in [-0.1, -0.05) is 13.3 Å². The predicted molar refractivity (Wildman–Crippen MR) is 80.0 cm³/mol. The van der Waals surface area contributed by atoms with Gasteiger partial charge in [-0.05, 0) is 52.1 Å². The molecule has 0 bridgehead atoms. The maximum absolute atomic E-state index is 5.61. The minimum absolute atomic E-state index is 0.373. The van der Waals surface area contributed by atoms with Gasteiger partial charge < -0.3 is 11.1 Å². The summed E-state index contributed by atoms with van der Waals surface area (Å²) in [5.41, 5.74) is 6.74. The van der Waals surface area contributed by atoms with Crippen LogP contribution in [0, 0.1) is 12.8 Å². The lowest BCUT2D eigenvalue weighted by atomic mass is 9.97. The maximum atomic E-state index is 5.61. The summed E-state index contributed by atoms with van der Waals surface area (Å²) < 4.78 is 0. The molecule has 0 saturated carbocycles. The highest BCUT2D eigenvalue weighted by molar-refractivity contribution is 7.09. The van der Waals surface area contributed by atoms with Gasteiger partial charge in [-0.25, -0.2) is 4.98 Å². The van der Waals surface area contributed by atoms with E-state index in [1.54, 1.807) is 11.3 Å². The maximum Gasteiger partial charge on any atom is 0.110 e. The molecule has 0 saturated heterocycles. The topological polar surface area (TPSA) is 50.9 Å². The first-order valence-electron chi connectivity index (χ1n) is 7.02. The summed E-state index contributed by atoms with van der Waals surface area (Å²) in [4.78, 5) is 4.51. The van der Waals surface area contributed by atoms with Crippen molar-refractivity contribution in [2.24, 2.45) is 11.7 Å². The molecule has 104 valence electrons. The van der Waals surface area contributed by atoms with Crippen molar-refractivity contribution in [3.05, 3.63) is 16.1 Å². The van der Waals surface area contributed by atoms with Crippen molar-refractivity contribution < 1.29 is 0 Å². The second-order valence-electron chi connectivity index (χ2n) is 5.00. The number of hydrogen-bond acceptors (Lipinski definition) is 4. The first-order chi connectivity index (χ1) is 8.67. The van der Waals surface area contributed by atoms with Crippen LogP contribution in [0.5, 0.6) is 0 Å². The van der Waals surface area contributed by atoms with Crippen LogP contribution in [0.2, 0.25) is 0 Å². The third-order valence-corrected chi connectivity index (χ3v) is 4.54. The van der Waals surface area contributed by atoms with Crippen LogP contribution in [-0.2, 0) is 0 Å². The summed E-state index contributed by atoms with van der Waals surface area (Å²) in [6.07, 6.45) is 4.92. The predicted octanol–water partition coefficient (Wildman–Crippen LogP) is 3.26. The minimum atomic E-state index is 0.373. The molecule has 1 rings (SSSR count). The van der Waals surface area contributed by atoms with Gasteiger partial charge in [0, 0.05) is 11.1 Å². The highest BCUT2D eigenvalue weighted by atomic mass is 32.1. The monoisotopic (exact) mass is 269 g/mol. The largest absolute Gasteiger partial charge is 0.330 e. The van der Waals surface area contributed by atoms with E-state index in [2.05, 4.69) is 29.5 Å². The van der Waals surface area contributed by atoms with Gasteiger partial charge in [-0.3, -0.25) is 0 Å². The van der Waals surface area contributed by atoms with Crippen LogP contribution in [-0.4, -0.2) is 18.1 Å². The second-order valence-corrected chi connectivity index (χ2v) is 5.89. The molecule has 18 heavy (non-hydrogen) atoms. The third kappa shape index (κ3) is 5.46. The molecule has 4 heteroatoms. The van der Waals surface area contributed by atoms with E-state index in [4.69, 9.17) is 5.73 Å². The molecule has 0 aliphatic heterocycles. The molecular weight excluding hydrogens is 242 g/mol. The average Bonchev–Trinajstić information content (AvgIpc) is 2.79.